The summed E-state index contributed by atoms with van der Waals surface area (Å²) in [7, 11) is -3.65. The van der Waals surface area contributed by atoms with Crippen molar-refractivity contribution in [2.45, 2.75) is 24.5 Å². The van der Waals surface area contributed by atoms with Gasteiger partial charge < -0.3 is 0 Å². The Morgan fingerprint density at radius 2 is 2.06 bits per heavy atom. The fourth-order valence-corrected chi connectivity index (χ4v) is 2.38. The van der Waals surface area contributed by atoms with Crippen LogP contribution in [0, 0.1) is 0 Å². The van der Waals surface area contributed by atoms with E-state index in [0.29, 0.717) is 4.68 Å². The zero-order valence-corrected chi connectivity index (χ0v) is 9.70. The average Bonchev–Trinajstić information content (AvgIpc) is 2.46. The molecular formula is C7H8ClF3N2O2S. The molecule has 0 saturated carbocycles. The van der Waals surface area contributed by atoms with Crippen molar-refractivity contribution in [2.24, 2.45) is 0 Å². The van der Waals surface area contributed by atoms with E-state index < -0.39 is 27.7 Å². The van der Waals surface area contributed by atoms with E-state index >= 15 is 0 Å². The van der Waals surface area contributed by atoms with E-state index in [1.807, 2.05) is 0 Å². The maximum atomic E-state index is 12.0. The van der Waals surface area contributed by atoms with Gasteiger partial charge in [-0.3, -0.25) is 0 Å². The molecule has 0 fully saturated rings. The number of hydrogen-bond donors (Lipinski definition) is 0. The Balaban J connectivity index is 3.12. The Morgan fingerprint density at radius 1 is 1.50 bits per heavy atom. The Hall–Kier alpha value is -0.760. The summed E-state index contributed by atoms with van der Waals surface area (Å²) in [5.74, 6) is -0.246. The number of halogens is 4. The molecular weight excluding hydrogens is 269 g/mol. The summed E-state index contributed by atoms with van der Waals surface area (Å²) in [4.78, 5) is -0.374. The number of hydrogen-bond acceptors (Lipinski definition) is 3. The van der Waals surface area contributed by atoms with Crippen LogP contribution in [0.25, 0.3) is 0 Å². The smallest absolute Gasteiger partial charge is 0.243 e. The summed E-state index contributed by atoms with van der Waals surface area (Å²) in [5.41, 5.74) is 0. The van der Waals surface area contributed by atoms with Crippen molar-refractivity contribution in [3.05, 3.63) is 11.3 Å². The van der Waals surface area contributed by atoms with E-state index in [4.69, 9.17) is 11.6 Å². The molecule has 0 N–H and O–H groups in total. The van der Waals surface area contributed by atoms with E-state index in [0.717, 1.165) is 6.20 Å². The van der Waals surface area contributed by atoms with Gasteiger partial charge in [0.15, 0.2) is 9.84 Å². The Morgan fingerprint density at radius 3 is 2.50 bits per heavy atom. The highest BCUT2D eigenvalue weighted by Gasteiger charge is 2.31. The minimum Gasteiger partial charge on any atom is -0.243 e. The zero-order valence-electron chi connectivity index (χ0n) is 8.12. The van der Waals surface area contributed by atoms with E-state index in [1.165, 1.54) is 6.92 Å². The van der Waals surface area contributed by atoms with E-state index in [2.05, 4.69) is 5.10 Å². The lowest BCUT2D eigenvalue weighted by molar-refractivity contribution is -0.142. The predicted molar refractivity (Wildman–Crippen MR) is 51.0 cm³/mol. The Labute approximate surface area is 94.9 Å². The van der Waals surface area contributed by atoms with Crippen LogP contribution in [0.3, 0.4) is 0 Å². The lowest BCUT2D eigenvalue weighted by atomic mass is 10.6. The van der Waals surface area contributed by atoms with Gasteiger partial charge in [-0.1, -0.05) is 18.5 Å². The van der Waals surface area contributed by atoms with Crippen LogP contribution in [0.4, 0.5) is 13.2 Å². The highest BCUT2D eigenvalue weighted by atomic mass is 35.5. The molecule has 0 radical (unpaired) electrons. The summed E-state index contributed by atoms with van der Waals surface area (Å²) in [6, 6.07) is 0. The first-order valence-corrected chi connectivity index (χ1v) is 6.21. The third-order valence-corrected chi connectivity index (χ3v) is 4.03. The van der Waals surface area contributed by atoms with Crippen LogP contribution >= 0.6 is 11.6 Å². The number of nitrogens with zero attached hydrogens (tertiary/aromatic N) is 2. The molecule has 0 aliphatic carbocycles. The highest BCUT2D eigenvalue weighted by molar-refractivity contribution is 7.91. The maximum Gasteiger partial charge on any atom is 0.408 e. The third-order valence-electron chi connectivity index (χ3n) is 1.79. The SMILES string of the molecule is CCS(=O)(=O)c1cnn(CC(F)(F)F)c1Cl. The second-order valence-electron chi connectivity index (χ2n) is 2.98. The highest BCUT2D eigenvalue weighted by Crippen LogP contribution is 2.25. The number of alkyl halides is 3. The van der Waals surface area contributed by atoms with Crippen LogP contribution in [0.5, 0.6) is 0 Å². The largest absolute Gasteiger partial charge is 0.408 e. The molecule has 0 aromatic carbocycles. The molecule has 1 rings (SSSR count). The average molecular weight is 277 g/mol. The van der Waals surface area contributed by atoms with E-state index in [-0.39, 0.29) is 10.6 Å². The monoisotopic (exact) mass is 276 g/mol. The molecule has 1 heterocycles. The fourth-order valence-electron chi connectivity index (χ4n) is 0.997. The van der Waals surface area contributed by atoms with Crippen molar-refractivity contribution < 1.29 is 21.6 Å². The lowest BCUT2D eigenvalue weighted by Crippen LogP contribution is -2.18. The fraction of sp³-hybridized carbons (Fsp3) is 0.571. The van der Waals surface area contributed by atoms with Gasteiger partial charge in [0.2, 0.25) is 0 Å². The van der Waals surface area contributed by atoms with Gasteiger partial charge >= 0.3 is 6.18 Å². The molecule has 9 heteroatoms. The first-order chi connectivity index (χ1) is 7.17. The summed E-state index contributed by atoms with van der Waals surface area (Å²) in [6.07, 6.45) is -3.67. The van der Waals surface area contributed by atoms with Gasteiger partial charge in [-0.15, -0.1) is 0 Å². The van der Waals surface area contributed by atoms with Crippen LogP contribution in [-0.2, 0) is 16.4 Å². The molecule has 0 aliphatic rings. The Kier molecular flexibility index (Phi) is 3.53. The van der Waals surface area contributed by atoms with Crippen molar-refractivity contribution in [2.75, 3.05) is 5.75 Å². The molecule has 0 aliphatic heterocycles. The van der Waals surface area contributed by atoms with E-state index in [1.54, 1.807) is 0 Å². The molecule has 0 saturated heterocycles. The zero-order chi connectivity index (χ0) is 12.6. The number of aromatic nitrogens is 2. The minimum atomic E-state index is -4.50. The molecule has 0 atom stereocenters. The van der Waals surface area contributed by atoms with Gasteiger partial charge in [-0.25, -0.2) is 13.1 Å². The summed E-state index contributed by atoms with van der Waals surface area (Å²) in [6.45, 7) is -0.0438. The number of rotatable bonds is 3. The maximum absolute atomic E-state index is 12.0. The van der Waals surface area contributed by atoms with Gasteiger partial charge in [0.05, 0.1) is 11.9 Å². The number of sulfone groups is 1. The topological polar surface area (TPSA) is 52.0 Å². The van der Waals surface area contributed by atoms with Crippen LogP contribution in [0.2, 0.25) is 5.15 Å². The van der Waals surface area contributed by atoms with Crippen molar-refractivity contribution in [3.63, 3.8) is 0 Å². The molecule has 0 amide bonds. The summed E-state index contributed by atoms with van der Waals surface area (Å²) < 4.78 is 59.3. The second kappa shape index (κ2) is 4.25. The summed E-state index contributed by atoms with van der Waals surface area (Å²) >= 11 is 5.51. The standard InChI is InChI=1S/C7H8ClF3N2O2S/c1-2-16(14,15)5-3-12-13(6(5)8)4-7(9,10)11/h3H,2,4H2,1H3. The van der Waals surface area contributed by atoms with Crippen molar-refractivity contribution in [3.8, 4) is 0 Å². The molecule has 1 aromatic rings. The van der Waals surface area contributed by atoms with Gasteiger partial charge in [0, 0.05) is 0 Å². The van der Waals surface area contributed by atoms with Crippen LogP contribution in [0.1, 0.15) is 6.92 Å². The van der Waals surface area contributed by atoms with Crippen molar-refractivity contribution in [1.29, 1.82) is 0 Å². The molecule has 0 unspecified atom stereocenters. The van der Waals surface area contributed by atoms with Gasteiger partial charge in [-0.05, 0) is 0 Å². The third kappa shape index (κ3) is 2.88. The molecule has 1 aromatic heterocycles. The normalized spacial score (nSPS) is 13.1. The molecule has 16 heavy (non-hydrogen) atoms. The quantitative estimate of drug-likeness (QED) is 0.847. The predicted octanol–water partition coefficient (Wildman–Crippen LogP) is 1.89. The van der Waals surface area contributed by atoms with Crippen LogP contribution < -0.4 is 0 Å². The minimum absolute atomic E-state index is 0.246. The summed E-state index contributed by atoms with van der Waals surface area (Å²) in [5, 5.41) is 2.79. The first-order valence-electron chi connectivity index (χ1n) is 4.18. The molecule has 4 nitrogen and oxygen atoms in total. The lowest BCUT2D eigenvalue weighted by Gasteiger charge is -2.07. The van der Waals surface area contributed by atoms with Crippen LogP contribution in [-0.4, -0.2) is 30.1 Å². The van der Waals surface area contributed by atoms with Gasteiger partial charge in [0.25, 0.3) is 0 Å². The molecule has 92 valence electrons. The molecule has 0 bridgehead atoms. The first kappa shape index (κ1) is 13.3. The second-order valence-corrected chi connectivity index (χ2v) is 5.58. The van der Waals surface area contributed by atoms with Crippen LogP contribution in [0.15, 0.2) is 11.1 Å². The Bertz CT molecular complexity index is 480. The van der Waals surface area contributed by atoms with Crippen molar-refractivity contribution >= 4 is 21.4 Å². The van der Waals surface area contributed by atoms with Gasteiger partial charge in [-0.2, -0.15) is 18.3 Å². The van der Waals surface area contributed by atoms with Crippen molar-refractivity contribution in [1.82, 2.24) is 9.78 Å². The molecule has 0 spiro atoms. The van der Waals surface area contributed by atoms with E-state index in [9.17, 15) is 21.6 Å². The van der Waals surface area contributed by atoms with Gasteiger partial charge in [0.1, 0.15) is 16.6 Å².